The summed E-state index contributed by atoms with van der Waals surface area (Å²) < 4.78 is 52.3. The highest BCUT2D eigenvalue weighted by molar-refractivity contribution is 14.0. The van der Waals surface area contributed by atoms with Crippen LogP contribution in [0.3, 0.4) is 0 Å². The first-order chi connectivity index (χ1) is 11.8. The molecule has 0 unspecified atom stereocenters. The van der Waals surface area contributed by atoms with E-state index in [0.717, 1.165) is 0 Å². The van der Waals surface area contributed by atoms with Crippen molar-refractivity contribution in [2.45, 2.75) is 26.1 Å². The third-order valence-corrected chi connectivity index (χ3v) is 3.48. The average molecular weight is 485 g/mol. The van der Waals surface area contributed by atoms with E-state index < -0.39 is 18.4 Å². The summed E-state index contributed by atoms with van der Waals surface area (Å²) in [6.45, 7) is 1.72. The molecule has 0 bridgehead atoms. The molecule has 0 saturated heterocycles. The van der Waals surface area contributed by atoms with Crippen molar-refractivity contribution in [1.82, 2.24) is 20.2 Å². The van der Waals surface area contributed by atoms with Gasteiger partial charge in [0.25, 0.3) is 0 Å². The molecular weight excluding hydrogens is 465 g/mol. The van der Waals surface area contributed by atoms with Crippen LogP contribution < -0.4 is 10.6 Å². The number of rotatable bonds is 5. The second-order valence-corrected chi connectivity index (χ2v) is 5.35. The minimum absolute atomic E-state index is 0. The van der Waals surface area contributed by atoms with Gasteiger partial charge in [-0.2, -0.15) is 13.2 Å². The lowest BCUT2D eigenvalue weighted by molar-refractivity contribution is -0.132. The molecule has 2 aromatic rings. The molecule has 2 N–H and O–H groups in total. The van der Waals surface area contributed by atoms with E-state index in [1.165, 1.54) is 13.1 Å². The van der Waals surface area contributed by atoms with Crippen LogP contribution in [-0.2, 0) is 6.54 Å². The highest BCUT2D eigenvalue weighted by Crippen LogP contribution is 2.18. The Kier molecular flexibility index (Phi) is 8.31. The van der Waals surface area contributed by atoms with Crippen LogP contribution in [0.2, 0.25) is 0 Å². The molecule has 0 aliphatic carbocycles. The van der Waals surface area contributed by atoms with Gasteiger partial charge in [-0.25, -0.2) is 9.37 Å². The van der Waals surface area contributed by atoms with Crippen molar-refractivity contribution in [3.8, 4) is 5.69 Å². The van der Waals surface area contributed by atoms with Gasteiger partial charge in [0, 0.05) is 32.5 Å². The van der Waals surface area contributed by atoms with Crippen molar-refractivity contribution in [2.24, 2.45) is 4.99 Å². The van der Waals surface area contributed by atoms with E-state index in [2.05, 4.69) is 20.6 Å². The Morgan fingerprint density at radius 3 is 2.54 bits per heavy atom. The molecule has 1 aromatic carbocycles. The number of alkyl halides is 3. The van der Waals surface area contributed by atoms with Crippen LogP contribution in [0.25, 0.3) is 5.69 Å². The van der Waals surface area contributed by atoms with Crippen LogP contribution in [0, 0.1) is 12.7 Å². The van der Waals surface area contributed by atoms with E-state index in [1.807, 2.05) is 0 Å². The number of benzene rings is 1. The summed E-state index contributed by atoms with van der Waals surface area (Å²) in [6.07, 6.45) is -1.93. The number of aromatic nitrogens is 2. The molecule has 5 nitrogen and oxygen atoms in total. The Morgan fingerprint density at radius 1 is 1.27 bits per heavy atom. The average Bonchev–Trinajstić information content (AvgIpc) is 2.95. The third-order valence-electron chi connectivity index (χ3n) is 3.48. The maximum absolute atomic E-state index is 14.3. The Hall–Kier alpha value is -1.85. The molecule has 144 valence electrons. The zero-order valence-corrected chi connectivity index (χ0v) is 16.6. The van der Waals surface area contributed by atoms with Gasteiger partial charge >= 0.3 is 6.18 Å². The number of nitrogens with one attached hydrogen (secondary N) is 2. The number of imidazole rings is 1. The van der Waals surface area contributed by atoms with E-state index in [9.17, 15) is 17.6 Å². The normalized spacial score (nSPS) is 11.8. The fourth-order valence-electron chi connectivity index (χ4n) is 2.22. The molecule has 2 rings (SSSR count). The monoisotopic (exact) mass is 485 g/mol. The third kappa shape index (κ3) is 6.46. The van der Waals surface area contributed by atoms with Crippen LogP contribution in [0.4, 0.5) is 17.6 Å². The standard InChI is InChI=1S/C16H19F4N5.HI/c1-11-22-7-8-25(11)14-4-3-12(9-13(14)17)10-24-15(21-2)23-6-5-16(18,19)20;/h3-4,7-9H,5-6,10H2,1-2H3,(H2,21,23,24);1H. The van der Waals surface area contributed by atoms with Crippen LogP contribution in [0.15, 0.2) is 35.6 Å². The summed E-state index contributed by atoms with van der Waals surface area (Å²) in [5, 5.41) is 5.42. The van der Waals surface area contributed by atoms with Gasteiger partial charge in [-0.05, 0) is 24.6 Å². The van der Waals surface area contributed by atoms with Crippen molar-refractivity contribution >= 4 is 29.9 Å². The Bertz CT molecular complexity index is 742. The summed E-state index contributed by atoms with van der Waals surface area (Å²) in [7, 11) is 1.45. The molecule has 0 saturated carbocycles. The number of nitrogens with zero attached hydrogens (tertiary/aromatic N) is 3. The largest absolute Gasteiger partial charge is 0.390 e. The topological polar surface area (TPSA) is 54.2 Å². The second-order valence-electron chi connectivity index (χ2n) is 5.35. The molecule has 26 heavy (non-hydrogen) atoms. The summed E-state index contributed by atoms with van der Waals surface area (Å²) >= 11 is 0. The van der Waals surface area contributed by atoms with Gasteiger partial charge < -0.3 is 15.2 Å². The Morgan fingerprint density at radius 2 is 2.00 bits per heavy atom. The van der Waals surface area contributed by atoms with Gasteiger partial charge in [0.05, 0.1) is 12.1 Å². The predicted molar refractivity (Wildman–Crippen MR) is 103 cm³/mol. The van der Waals surface area contributed by atoms with Crippen LogP contribution in [-0.4, -0.2) is 35.3 Å². The lowest BCUT2D eigenvalue weighted by Crippen LogP contribution is -2.38. The first-order valence-corrected chi connectivity index (χ1v) is 7.60. The van der Waals surface area contributed by atoms with Gasteiger partial charge in [-0.3, -0.25) is 4.99 Å². The minimum atomic E-state index is -4.23. The number of hydrogen-bond acceptors (Lipinski definition) is 2. The van der Waals surface area contributed by atoms with Crippen LogP contribution in [0.1, 0.15) is 17.8 Å². The predicted octanol–water partition coefficient (Wildman–Crippen LogP) is 3.56. The maximum Gasteiger partial charge on any atom is 0.390 e. The zero-order chi connectivity index (χ0) is 18.4. The molecule has 0 atom stereocenters. The molecule has 0 fully saturated rings. The molecule has 10 heteroatoms. The second kappa shape index (κ2) is 9.74. The zero-order valence-electron chi connectivity index (χ0n) is 14.3. The van der Waals surface area contributed by atoms with Crippen molar-refractivity contribution in [3.63, 3.8) is 0 Å². The molecule has 0 amide bonds. The van der Waals surface area contributed by atoms with Crippen LogP contribution in [0.5, 0.6) is 0 Å². The molecule has 1 heterocycles. The first-order valence-electron chi connectivity index (χ1n) is 7.60. The van der Waals surface area contributed by atoms with Gasteiger partial charge in [-0.15, -0.1) is 24.0 Å². The summed E-state index contributed by atoms with van der Waals surface area (Å²) in [5.41, 5.74) is 1.02. The van der Waals surface area contributed by atoms with Crippen molar-refractivity contribution in [2.75, 3.05) is 13.6 Å². The minimum Gasteiger partial charge on any atom is -0.356 e. The molecule has 1 aromatic heterocycles. The molecule has 0 spiro atoms. The quantitative estimate of drug-likeness (QED) is 0.295. The summed E-state index contributed by atoms with van der Waals surface area (Å²) in [5.74, 6) is 0.471. The highest BCUT2D eigenvalue weighted by Gasteiger charge is 2.26. The molecular formula is C16H20F4IN5. The van der Waals surface area contributed by atoms with Crippen molar-refractivity contribution in [3.05, 3.63) is 47.8 Å². The number of guanidine groups is 1. The number of hydrogen-bond donors (Lipinski definition) is 2. The van der Waals surface area contributed by atoms with Crippen molar-refractivity contribution in [1.29, 1.82) is 0 Å². The van der Waals surface area contributed by atoms with Crippen LogP contribution >= 0.6 is 24.0 Å². The van der Waals surface area contributed by atoms with Gasteiger partial charge in [-0.1, -0.05) is 6.07 Å². The number of halogens is 5. The number of aliphatic imine (C=N–C) groups is 1. The fourth-order valence-corrected chi connectivity index (χ4v) is 2.22. The smallest absolute Gasteiger partial charge is 0.356 e. The molecule has 0 radical (unpaired) electrons. The lowest BCUT2D eigenvalue weighted by atomic mass is 10.2. The molecule has 0 aliphatic heterocycles. The Labute approximate surface area is 165 Å². The van der Waals surface area contributed by atoms with Gasteiger partial charge in [0.1, 0.15) is 11.6 Å². The van der Waals surface area contributed by atoms with Gasteiger partial charge in [0.2, 0.25) is 0 Å². The highest BCUT2D eigenvalue weighted by atomic mass is 127. The lowest BCUT2D eigenvalue weighted by Gasteiger charge is -2.13. The molecule has 0 aliphatic rings. The van der Waals surface area contributed by atoms with E-state index >= 15 is 0 Å². The van der Waals surface area contributed by atoms with E-state index in [-0.39, 0.29) is 43.0 Å². The van der Waals surface area contributed by atoms with Crippen molar-refractivity contribution < 1.29 is 17.6 Å². The van der Waals surface area contributed by atoms with E-state index in [4.69, 9.17) is 0 Å². The summed E-state index contributed by atoms with van der Waals surface area (Å²) in [6, 6.07) is 4.72. The SMILES string of the molecule is CN=C(NCCC(F)(F)F)NCc1ccc(-n2ccnc2C)c(F)c1.I. The number of aryl methyl sites for hydroxylation is 1. The van der Waals surface area contributed by atoms with Gasteiger partial charge in [0.15, 0.2) is 5.96 Å². The maximum atomic E-state index is 14.3. The summed E-state index contributed by atoms with van der Waals surface area (Å²) in [4.78, 5) is 7.89. The Balaban J connectivity index is 0.00000338. The van der Waals surface area contributed by atoms with E-state index in [1.54, 1.807) is 36.0 Å². The van der Waals surface area contributed by atoms with E-state index in [0.29, 0.717) is 17.1 Å². The first kappa shape index (κ1) is 22.2. The fraction of sp³-hybridized carbons (Fsp3) is 0.375.